The molecule has 0 radical (unpaired) electrons. The molecule has 0 amide bonds. The van der Waals surface area contributed by atoms with Crippen LogP contribution >= 0.6 is 11.3 Å². The number of rotatable bonds is 8. The number of ketones is 1. The highest BCUT2D eigenvalue weighted by Crippen LogP contribution is 2.44. The standard InChI is InChI=1S/C29H35NO2S/c31-24-15-16-25-26(20-24)33-29(23-9-2-3-10-23)27(25)28(32)22-13-11-21(12-14-22)8-4-7-19-30-17-5-1-6-18-30/h11-16,20,23,31H,1-10,17-19H2. The predicted molar refractivity (Wildman–Crippen MR) is 138 cm³/mol. The average Bonchev–Trinajstić information content (AvgIpc) is 3.50. The monoisotopic (exact) mass is 461 g/mol. The Kier molecular flexibility index (Phi) is 7.13. The molecule has 2 aliphatic rings. The predicted octanol–water partition coefficient (Wildman–Crippen LogP) is 7.30. The number of carbonyl (C=O) groups is 1. The number of phenols is 1. The van der Waals surface area contributed by atoms with E-state index in [1.807, 2.05) is 24.3 Å². The summed E-state index contributed by atoms with van der Waals surface area (Å²) in [7, 11) is 0. The number of piperidine rings is 1. The van der Waals surface area contributed by atoms with Crippen molar-refractivity contribution in [2.24, 2.45) is 0 Å². The van der Waals surface area contributed by atoms with Gasteiger partial charge in [0.05, 0.1) is 0 Å². The van der Waals surface area contributed by atoms with Crippen molar-refractivity contribution in [3.05, 3.63) is 64.0 Å². The van der Waals surface area contributed by atoms with Crippen LogP contribution in [0.15, 0.2) is 42.5 Å². The van der Waals surface area contributed by atoms with Crippen LogP contribution in [0.4, 0.5) is 0 Å². The summed E-state index contributed by atoms with van der Waals surface area (Å²) in [5.41, 5.74) is 2.97. The van der Waals surface area contributed by atoms with Crippen LogP contribution in [0.2, 0.25) is 0 Å². The van der Waals surface area contributed by atoms with Gasteiger partial charge < -0.3 is 10.0 Å². The summed E-state index contributed by atoms with van der Waals surface area (Å²) in [6.45, 7) is 3.77. The Morgan fingerprint density at radius 2 is 1.70 bits per heavy atom. The number of hydrogen-bond donors (Lipinski definition) is 1. The maximum Gasteiger partial charge on any atom is 0.194 e. The summed E-state index contributed by atoms with van der Waals surface area (Å²) < 4.78 is 1.02. The smallest absolute Gasteiger partial charge is 0.194 e. The largest absolute Gasteiger partial charge is 0.508 e. The third-order valence-corrected chi connectivity index (χ3v) is 8.82. The Bertz CT molecular complexity index is 1090. The van der Waals surface area contributed by atoms with Crippen molar-refractivity contribution in [3.8, 4) is 5.75 Å². The zero-order chi connectivity index (χ0) is 22.6. The molecule has 0 bridgehead atoms. The molecule has 1 aliphatic heterocycles. The first-order chi connectivity index (χ1) is 16.2. The van der Waals surface area contributed by atoms with Gasteiger partial charge in [0.2, 0.25) is 0 Å². The zero-order valence-electron chi connectivity index (χ0n) is 19.5. The molecule has 2 aromatic carbocycles. The lowest BCUT2D eigenvalue weighted by molar-refractivity contribution is 0.103. The Morgan fingerprint density at radius 3 is 2.45 bits per heavy atom. The molecule has 3 nitrogen and oxygen atoms in total. The molecule has 1 aliphatic carbocycles. The molecular weight excluding hydrogens is 426 g/mol. The number of fused-ring (bicyclic) bond motifs is 1. The van der Waals surface area contributed by atoms with Gasteiger partial charge in [0.25, 0.3) is 0 Å². The van der Waals surface area contributed by atoms with Gasteiger partial charge in [0, 0.05) is 26.1 Å². The van der Waals surface area contributed by atoms with Gasteiger partial charge >= 0.3 is 0 Å². The van der Waals surface area contributed by atoms with Crippen LogP contribution in [0.5, 0.6) is 5.75 Å². The number of aromatic hydroxyl groups is 1. The maximum absolute atomic E-state index is 13.7. The molecule has 5 rings (SSSR count). The summed E-state index contributed by atoms with van der Waals surface area (Å²) >= 11 is 1.70. The Labute approximate surface area is 201 Å². The molecule has 0 unspecified atom stereocenters. The number of phenolic OH excluding ortho intramolecular Hbond substituents is 1. The topological polar surface area (TPSA) is 40.5 Å². The Morgan fingerprint density at radius 1 is 0.939 bits per heavy atom. The van der Waals surface area contributed by atoms with Gasteiger partial charge in [-0.05, 0) is 94.3 Å². The lowest BCUT2D eigenvalue weighted by Gasteiger charge is -2.26. The molecule has 2 heterocycles. The molecule has 3 aromatic rings. The van der Waals surface area contributed by atoms with Crippen LogP contribution in [0.1, 0.15) is 90.1 Å². The van der Waals surface area contributed by atoms with E-state index in [4.69, 9.17) is 0 Å². The summed E-state index contributed by atoms with van der Waals surface area (Å²) in [5, 5.41) is 11.0. The van der Waals surface area contributed by atoms with Crippen molar-refractivity contribution in [1.29, 1.82) is 0 Å². The number of likely N-dealkylation sites (tertiary alicyclic amines) is 1. The van der Waals surface area contributed by atoms with Crippen LogP contribution < -0.4 is 0 Å². The molecule has 0 spiro atoms. The normalized spacial score (nSPS) is 17.7. The van der Waals surface area contributed by atoms with Gasteiger partial charge in [-0.15, -0.1) is 11.3 Å². The van der Waals surface area contributed by atoms with Gasteiger partial charge in [0.1, 0.15) is 5.75 Å². The highest BCUT2D eigenvalue weighted by molar-refractivity contribution is 7.19. The first-order valence-electron chi connectivity index (χ1n) is 12.8. The SMILES string of the molecule is O=C(c1ccc(CCCCN2CCCCC2)cc1)c1c(C2CCCC2)sc2cc(O)ccc12. The lowest BCUT2D eigenvalue weighted by Crippen LogP contribution is -2.30. The fourth-order valence-electron chi connectivity index (χ4n) is 5.63. The second-order valence-corrected chi connectivity index (χ2v) is 11.0. The molecule has 4 heteroatoms. The number of benzene rings is 2. The first-order valence-corrected chi connectivity index (χ1v) is 13.6. The molecular formula is C29H35NO2S. The fourth-order valence-corrected chi connectivity index (χ4v) is 7.03. The van der Waals surface area contributed by atoms with Crippen molar-refractivity contribution in [2.75, 3.05) is 19.6 Å². The molecule has 1 N–H and O–H groups in total. The second kappa shape index (κ2) is 10.4. The summed E-state index contributed by atoms with van der Waals surface area (Å²) in [6, 6.07) is 13.8. The third kappa shape index (κ3) is 5.17. The van der Waals surface area contributed by atoms with Crippen LogP contribution in [-0.2, 0) is 6.42 Å². The van der Waals surface area contributed by atoms with E-state index in [1.165, 1.54) is 75.0 Å². The molecule has 33 heavy (non-hydrogen) atoms. The summed E-state index contributed by atoms with van der Waals surface area (Å²) in [5.74, 6) is 0.874. The molecule has 1 saturated heterocycles. The lowest BCUT2D eigenvalue weighted by atomic mass is 9.93. The van der Waals surface area contributed by atoms with Crippen molar-refractivity contribution in [2.45, 2.75) is 70.1 Å². The highest BCUT2D eigenvalue weighted by Gasteiger charge is 2.27. The van der Waals surface area contributed by atoms with E-state index in [-0.39, 0.29) is 11.5 Å². The van der Waals surface area contributed by atoms with Gasteiger partial charge in [-0.25, -0.2) is 0 Å². The molecule has 2 fully saturated rings. The van der Waals surface area contributed by atoms with E-state index in [9.17, 15) is 9.90 Å². The van der Waals surface area contributed by atoms with Gasteiger partial charge in [-0.2, -0.15) is 0 Å². The van der Waals surface area contributed by atoms with Crippen molar-refractivity contribution in [3.63, 3.8) is 0 Å². The highest BCUT2D eigenvalue weighted by atomic mass is 32.1. The van der Waals surface area contributed by atoms with Gasteiger partial charge in [-0.3, -0.25) is 4.79 Å². The molecule has 0 atom stereocenters. The van der Waals surface area contributed by atoms with Crippen LogP contribution in [-0.4, -0.2) is 35.4 Å². The van der Waals surface area contributed by atoms with E-state index in [0.717, 1.165) is 40.5 Å². The Hall–Kier alpha value is -2.17. The first kappa shape index (κ1) is 22.6. The van der Waals surface area contributed by atoms with E-state index >= 15 is 0 Å². The van der Waals surface area contributed by atoms with Gasteiger partial charge in [0.15, 0.2) is 5.78 Å². The number of carbonyl (C=O) groups excluding carboxylic acids is 1. The number of hydrogen-bond acceptors (Lipinski definition) is 4. The molecule has 1 saturated carbocycles. The number of unbranched alkanes of at least 4 members (excludes halogenated alkanes) is 1. The zero-order valence-corrected chi connectivity index (χ0v) is 20.3. The Balaban J connectivity index is 1.28. The van der Waals surface area contributed by atoms with Crippen molar-refractivity contribution in [1.82, 2.24) is 4.90 Å². The number of thiophene rings is 1. The van der Waals surface area contributed by atoms with E-state index < -0.39 is 0 Å². The quantitative estimate of drug-likeness (QED) is 0.282. The minimum Gasteiger partial charge on any atom is -0.508 e. The van der Waals surface area contributed by atoms with Gasteiger partial charge in [-0.1, -0.05) is 43.5 Å². The summed E-state index contributed by atoms with van der Waals surface area (Å²) in [6.07, 6.45) is 12.5. The fraction of sp³-hybridized carbons (Fsp3) is 0.483. The second-order valence-electron chi connectivity index (χ2n) is 9.89. The van der Waals surface area contributed by atoms with Crippen molar-refractivity contribution >= 4 is 27.2 Å². The van der Waals surface area contributed by atoms with E-state index in [0.29, 0.717) is 5.92 Å². The van der Waals surface area contributed by atoms with Crippen LogP contribution in [0.3, 0.4) is 0 Å². The van der Waals surface area contributed by atoms with Crippen molar-refractivity contribution < 1.29 is 9.90 Å². The average molecular weight is 462 g/mol. The van der Waals surface area contributed by atoms with E-state index in [2.05, 4.69) is 17.0 Å². The minimum atomic E-state index is 0.130. The van der Waals surface area contributed by atoms with E-state index in [1.54, 1.807) is 17.4 Å². The third-order valence-electron chi connectivity index (χ3n) is 7.51. The molecule has 1 aromatic heterocycles. The maximum atomic E-state index is 13.7. The molecule has 174 valence electrons. The minimum absolute atomic E-state index is 0.130. The summed E-state index contributed by atoms with van der Waals surface area (Å²) in [4.78, 5) is 17.5. The number of aryl methyl sites for hydroxylation is 1. The number of nitrogens with zero attached hydrogens (tertiary/aromatic N) is 1. The van der Waals surface area contributed by atoms with Crippen LogP contribution in [0.25, 0.3) is 10.1 Å². The van der Waals surface area contributed by atoms with Crippen LogP contribution in [0, 0.1) is 0 Å².